The second kappa shape index (κ2) is 8.17. The van der Waals surface area contributed by atoms with Gasteiger partial charge < -0.3 is 20.4 Å². The minimum absolute atomic E-state index is 0.00462. The third-order valence-electron chi connectivity index (χ3n) is 5.02. The van der Waals surface area contributed by atoms with Gasteiger partial charge in [-0.2, -0.15) is 0 Å². The quantitative estimate of drug-likeness (QED) is 0.616. The van der Waals surface area contributed by atoms with E-state index in [4.69, 9.17) is 4.74 Å². The van der Waals surface area contributed by atoms with Crippen LogP contribution in [0.3, 0.4) is 0 Å². The first-order valence-corrected chi connectivity index (χ1v) is 9.48. The molecular weight excluding hydrogens is 354 g/mol. The molecule has 1 aliphatic carbocycles. The number of carbonyl (C=O) groups excluding carboxylic acids is 2. The van der Waals surface area contributed by atoms with E-state index >= 15 is 0 Å². The highest BCUT2D eigenvalue weighted by Gasteiger charge is 2.31. The van der Waals surface area contributed by atoms with Crippen molar-refractivity contribution in [3.63, 3.8) is 0 Å². The third kappa shape index (κ3) is 4.52. The monoisotopic (exact) mass is 377 g/mol. The summed E-state index contributed by atoms with van der Waals surface area (Å²) in [6, 6.07) is 17.7. The summed E-state index contributed by atoms with van der Waals surface area (Å²) < 4.78 is 5.22. The number of amides is 2. The highest BCUT2D eigenvalue weighted by Crippen LogP contribution is 2.21. The van der Waals surface area contributed by atoms with Crippen LogP contribution in [0, 0.1) is 0 Å². The highest BCUT2D eigenvalue weighted by molar-refractivity contribution is 5.83. The Kier molecular flexibility index (Phi) is 5.28. The van der Waals surface area contributed by atoms with E-state index in [-0.39, 0.29) is 24.6 Å². The first kappa shape index (κ1) is 18.1. The number of carbonyl (C=O) groups is 2. The molecule has 1 heterocycles. The van der Waals surface area contributed by atoms with Gasteiger partial charge in [-0.1, -0.05) is 36.4 Å². The van der Waals surface area contributed by atoms with Crippen molar-refractivity contribution in [3.8, 4) is 0 Å². The van der Waals surface area contributed by atoms with E-state index in [0.717, 1.165) is 34.9 Å². The number of benzene rings is 2. The van der Waals surface area contributed by atoms with Crippen molar-refractivity contribution in [2.24, 2.45) is 0 Å². The van der Waals surface area contributed by atoms with Gasteiger partial charge >= 0.3 is 6.09 Å². The lowest BCUT2D eigenvalue weighted by molar-refractivity contribution is -0.121. The van der Waals surface area contributed by atoms with Crippen LogP contribution in [-0.2, 0) is 22.6 Å². The number of nitrogens with one attached hydrogen (secondary N) is 3. The Bertz CT molecular complexity index is 961. The molecule has 1 fully saturated rings. The summed E-state index contributed by atoms with van der Waals surface area (Å²) in [6.45, 7) is 0.255. The van der Waals surface area contributed by atoms with Gasteiger partial charge in [0.05, 0.1) is 6.42 Å². The molecule has 3 N–H and O–H groups in total. The smallest absolute Gasteiger partial charge is 0.407 e. The first-order chi connectivity index (χ1) is 13.7. The number of hydrogen-bond acceptors (Lipinski definition) is 3. The maximum absolute atomic E-state index is 12.2. The minimum Gasteiger partial charge on any atom is -0.445 e. The maximum Gasteiger partial charge on any atom is 0.407 e. The van der Waals surface area contributed by atoms with Crippen LogP contribution in [-0.4, -0.2) is 29.1 Å². The molecule has 6 heteroatoms. The molecule has 1 aromatic heterocycles. The number of fused-ring (bicyclic) bond motifs is 1. The number of alkyl carbamates (subject to hydrolysis) is 1. The van der Waals surface area contributed by atoms with Crippen LogP contribution in [0.15, 0.2) is 60.8 Å². The number of rotatable bonds is 6. The van der Waals surface area contributed by atoms with Gasteiger partial charge in [0.1, 0.15) is 6.61 Å². The van der Waals surface area contributed by atoms with Gasteiger partial charge in [-0.15, -0.1) is 0 Å². The highest BCUT2D eigenvalue weighted by atomic mass is 16.5. The van der Waals surface area contributed by atoms with Gasteiger partial charge in [0.15, 0.2) is 0 Å². The van der Waals surface area contributed by atoms with Gasteiger partial charge in [0, 0.05) is 23.8 Å². The van der Waals surface area contributed by atoms with E-state index in [1.807, 2.05) is 60.8 Å². The molecule has 6 nitrogen and oxygen atoms in total. The Balaban J connectivity index is 1.16. The van der Waals surface area contributed by atoms with Gasteiger partial charge in [-0.05, 0) is 47.6 Å². The molecule has 2 aromatic carbocycles. The minimum atomic E-state index is -0.418. The average Bonchev–Trinajstić information content (AvgIpc) is 3.13. The molecule has 0 radical (unpaired) electrons. The normalized spacial score (nSPS) is 18.3. The Morgan fingerprint density at radius 3 is 2.57 bits per heavy atom. The number of H-pyrrole nitrogens is 1. The third-order valence-corrected chi connectivity index (χ3v) is 5.02. The zero-order valence-corrected chi connectivity index (χ0v) is 15.5. The van der Waals surface area contributed by atoms with Crippen LogP contribution in [0.1, 0.15) is 24.0 Å². The van der Waals surface area contributed by atoms with E-state index in [1.54, 1.807) is 0 Å². The van der Waals surface area contributed by atoms with Crippen LogP contribution >= 0.6 is 0 Å². The molecule has 0 spiro atoms. The van der Waals surface area contributed by atoms with Crippen molar-refractivity contribution in [2.75, 3.05) is 0 Å². The molecule has 1 aliphatic rings. The van der Waals surface area contributed by atoms with E-state index in [0.29, 0.717) is 6.42 Å². The summed E-state index contributed by atoms with van der Waals surface area (Å²) in [5.74, 6) is 0.00462. The van der Waals surface area contributed by atoms with E-state index in [1.165, 1.54) is 0 Å². The Morgan fingerprint density at radius 2 is 1.75 bits per heavy atom. The fourth-order valence-electron chi connectivity index (χ4n) is 3.46. The summed E-state index contributed by atoms with van der Waals surface area (Å²) in [5, 5.41) is 6.97. The van der Waals surface area contributed by atoms with E-state index in [2.05, 4.69) is 15.6 Å². The first-order valence-electron chi connectivity index (χ1n) is 9.48. The van der Waals surface area contributed by atoms with E-state index in [9.17, 15) is 9.59 Å². The van der Waals surface area contributed by atoms with Gasteiger partial charge in [0.25, 0.3) is 0 Å². The molecule has 0 saturated heterocycles. The zero-order chi connectivity index (χ0) is 19.3. The van der Waals surface area contributed by atoms with Crippen molar-refractivity contribution in [1.29, 1.82) is 0 Å². The lowest BCUT2D eigenvalue weighted by atomic mass is 9.86. The predicted molar refractivity (Wildman–Crippen MR) is 107 cm³/mol. The standard InChI is InChI=1S/C22H23N3O3/c26-21(11-16-6-7-20-17(10-16)8-9-23-20)24-18-12-19(13-18)25-22(27)28-14-15-4-2-1-3-5-15/h1-10,18-19,23H,11-14H2,(H,24,26)(H,25,27). The van der Waals surface area contributed by atoms with Crippen LogP contribution in [0.2, 0.25) is 0 Å². The van der Waals surface area contributed by atoms with Crippen molar-refractivity contribution in [1.82, 2.24) is 15.6 Å². The lowest BCUT2D eigenvalue weighted by Gasteiger charge is -2.35. The summed E-state index contributed by atoms with van der Waals surface area (Å²) >= 11 is 0. The number of aromatic nitrogens is 1. The summed E-state index contributed by atoms with van der Waals surface area (Å²) in [5.41, 5.74) is 3.01. The largest absolute Gasteiger partial charge is 0.445 e. The Hall–Kier alpha value is -3.28. The lowest BCUT2D eigenvalue weighted by Crippen LogP contribution is -2.54. The van der Waals surface area contributed by atoms with Crippen molar-refractivity contribution < 1.29 is 14.3 Å². The molecule has 1 saturated carbocycles. The predicted octanol–water partition coefficient (Wildman–Crippen LogP) is 3.28. The molecule has 4 rings (SSSR count). The zero-order valence-electron chi connectivity index (χ0n) is 15.5. The van der Waals surface area contributed by atoms with E-state index < -0.39 is 6.09 Å². The molecule has 0 aliphatic heterocycles. The van der Waals surface area contributed by atoms with Crippen molar-refractivity contribution in [2.45, 2.75) is 38.0 Å². The number of ether oxygens (including phenoxy) is 1. The van der Waals surface area contributed by atoms with Gasteiger partial charge in [-0.3, -0.25) is 4.79 Å². The molecule has 28 heavy (non-hydrogen) atoms. The molecule has 0 atom stereocenters. The van der Waals surface area contributed by atoms with Crippen LogP contribution in [0.4, 0.5) is 4.79 Å². The molecular formula is C22H23N3O3. The average molecular weight is 377 g/mol. The second-order valence-corrected chi connectivity index (χ2v) is 7.21. The fraction of sp³-hybridized carbons (Fsp3) is 0.273. The van der Waals surface area contributed by atoms with Crippen molar-refractivity contribution >= 4 is 22.9 Å². The summed E-state index contributed by atoms with van der Waals surface area (Å²) in [4.78, 5) is 27.2. The Labute approximate surface area is 163 Å². The molecule has 2 amide bonds. The topological polar surface area (TPSA) is 83.2 Å². The second-order valence-electron chi connectivity index (χ2n) is 7.21. The van der Waals surface area contributed by atoms with Gasteiger partial charge in [0.2, 0.25) is 5.91 Å². The summed E-state index contributed by atoms with van der Waals surface area (Å²) in [6.07, 6.45) is 3.28. The molecule has 3 aromatic rings. The van der Waals surface area contributed by atoms with Crippen LogP contribution < -0.4 is 10.6 Å². The maximum atomic E-state index is 12.2. The SMILES string of the molecule is O=C(Cc1ccc2[nH]ccc2c1)NC1CC(NC(=O)OCc2ccccc2)C1. The van der Waals surface area contributed by atoms with Crippen LogP contribution in [0.5, 0.6) is 0 Å². The molecule has 144 valence electrons. The Morgan fingerprint density at radius 1 is 0.964 bits per heavy atom. The number of aromatic amines is 1. The molecule has 0 bridgehead atoms. The van der Waals surface area contributed by atoms with Crippen LogP contribution in [0.25, 0.3) is 10.9 Å². The number of hydrogen-bond donors (Lipinski definition) is 3. The summed E-state index contributed by atoms with van der Waals surface area (Å²) in [7, 11) is 0. The van der Waals surface area contributed by atoms with Gasteiger partial charge in [-0.25, -0.2) is 4.79 Å². The van der Waals surface area contributed by atoms with Crippen molar-refractivity contribution in [3.05, 3.63) is 71.9 Å². The fourth-order valence-corrected chi connectivity index (χ4v) is 3.46. The molecule has 0 unspecified atom stereocenters.